The van der Waals surface area contributed by atoms with Gasteiger partial charge >= 0.3 is 0 Å². The van der Waals surface area contributed by atoms with Gasteiger partial charge in [0.25, 0.3) is 0 Å². The van der Waals surface area contributed by atoms with E-state index in [9.17, 15) is 0 Å². The second-order valence-corrected chi connectivity index (χ2v) is 18.5. The summed E-state index contributed by atoms with van der Waals surface area (Å²) in [4.78, 5) is 4.96. The maximum Gasteiger partial charge on any atom is 0.0618 e. The Morgan fingerprint density at radius 1 is 0.328 bits per heavy atom. The van der Waals surface area contributed by atoms with Crippen molar-refractivity contribution in [3.63, 3.8) is 0 Å². The molecular weight excluding hydrogens is 773 g/mol. The zero-order valence-electron chi connectivity index (χ0n) is 36.7. The molecule has 1 aliphatic heterocycles. The molecule has 2 nitrogen and oxygen atoms in total. The average Bonchev–Trinajstić information content (AvgIpc) is 3.57. The first kappa shape index (κ1) is 38.0. The largest absolute Gasteiger partial charge is 0.310 e. The van der Waals surface area contributed by atoms with Gasteiger partial charge in [-0.05, 0) is 115 Å². The number of benzene rings is 10. The zero-order valence-corrected chi connectivity index (χ0v) is 36.7. The number of hydrogen-bond acceptors (Lipinski definition) is 2. The molecule has 0 fully saturated rings. The second kappa shape index (κ2) is 14.4. The molecule has 0 amide bonds. The molecule has 10 aromatic rings. The Kier molecular flexibility index (Phi) is 8.58. The summed E-state index contributed by atoms with van der Waals surface area (Å²) in [6, 6.07) is 80.9. The summed E-state index contributed by atoms with van der Waals surface area (Å²) in [5, 5.41) is 4.93. The summed E-state index contributed by atoms with van der Waals surface area (Å²) in [5.74, 6) is 0. The average molecular weight is 821 g/mol. The van der Waals surface area contributed by atoms with Gasteiger partial charge in [-0.3, -0.25) is 0 Å². The fourth-order valence-electron chi connectivity index (χ4n) is 11.0. The SMILES string of the molecule is CC1(C)c2ccccc2-c2ccc(N(c3ccccc3)c3ccc(-c4ccc5c(c4)N(c4c(-c6cccc7ccccc67)ccc6ccccc46)c4ccccc4C5(C)C)cc3)cc21. The van der Waals surface area contributed by atoms with Gasteiger partial charge in [-0.1, -0.05) is 198 Å². The first-order valence-corrected chi connectivity index (χ1v) is 22.5. The predicted molar refractivity (Wildman–Crippen MR) is 271 cm³/mol. The third-order valence-corrected chi connectivity index (χ3v) is 14.2. The molecule has 0 unspecified atom stereocenters. The number of para-hydroxylation sites is 2. The smallest absolute Gasteiger partial charge is 0.0618 e. The quantitative estimate of drug-likeness (QED) is 0.165. The van der Waals surface area contributed by atoms with Crippen LogP contribution in [0.15, 0.2) is 218 Å². The van der Waals surface area contributed by atoms with Gasteiger partial charge < -0.3 is 9.80 Å². The van der Waals surface area contributed by atoms with E-state index in [-0.39, 0.29) is 10.8 Å². The minimum Gasteiger partial charge on any atom is -0.310 e. The van der Waals surface area contributed by atoms with Crippen LogP contribution in [-0.2, 0) is 10.8 Å². The molecule has 12 rings (SSSR count). The Hall–Kier alpha value is -7.68. The normalized spacial score (nSPS) is 14.2. The molecular formula is C62H48N2. The third-order valence-electron chi connectivity index (χ3n) is 14.2. The van der Waals surface area contributed by atoms with Crippen molar-refractivity contribution >= 4 is 55.7 Å². The van der Waals surface area contributed by atoms with Crippen LogP contribution in [0.25, 0.3) is 54.9 Å². The van der Waals surface area contributed by atoms with Gasteiger partial charge in [0.15, 0.2) is 0 Å². The molecule has 0 saturated carbocycles. The van der Waals surface area contributed by atoms with Gasteiger partial charge in [-0.15, -0.1) is 0 Å². The van der Waals surface area contributed by atoms with Gasteiger partial charge in [0.05, 0.1) is 17.1 Å². The van der Waals surface area contributed by atoms with Crippen LogP contribution >= 0.6 is 0 Å². The van der Waals surface area contributed by atoms with Crippen molar-refractivity contribution in [3.8, 4) is 33.4 Å². The van der Waals surface area contributed by atoms with Crippen LogP contribution in [-0.4, -0.2) is 0 Å². The summed E-state index contributed by atoms with van der Waals surface area (Å²) < 4.78 is 0. The van der Waals surface area contributed by atoms with Gasteiger partial charge in [-0.2, -0.15) is 0 Å². The van der Waals surface area contributed by atoms with E-state index in [4.69, 9.17) is 0 Å². The van der Waals surface area contributed by atoms with E-state index in [1.54, 1.807) is 0 Å². The van der Waals surface area contributed by atoms with E-state index in [0.717, 1.165) is 17.1 Å². The van der Waals surface area contributed by atoms with Crippen molar-refractivity contribution in [1.29, 1.82) is 0 Å². The van der Waals surface area contributed by atoms with Gasteiger partial charge in [-0.25, -0.2) is 0 Å². The van der Waals surface area contributed by atoms with Crippen molar-refractivity contribution in [1.82, 2.24) is 0 Å². The number of fused-ring (bicyclic) bond motifs is 7. The van der Waals surface area contributed by atoms with Gasteiger partial charge in [0.1, 0.15) is 0 Å². The number of rotatable bonds is 6. The fourth-order valence-corrected chi connectivity index (χ4v) is 11.0. The highest BCUT2D eigenvalue weighted by molar-refractivity contribution is 6.11. The highest BCUT2D eigenvalue weighted by atomic mass is 15.2. The zero-order chi connectivity index (χ0) is 43.2. The number of anilines is 6. The lowest BCUT2D eigenvalue weighted by molar-refractivity contribution is 0.632. The molecule has 0 bridgehead atoms. The molecule has 0 atom stereocenters. The molecule has 64 heavy (non-hydrogen) atoms. The molecule has 306 valence electrons. The van der Waals surface area contributed by atoms with E-state index < -0.39 is 0 Å². The number of hydrogen-bond donors (Lipinski definition) is 0. The highest BCUT2D eigenvalue weighted by Crippen LogP contribution is 2.56. The van der Waals surface area contributed by atoms with Crippen LogP contribution in [0, 0.1) is 0 Å². The molecule has 2 aliphatic rings. The molecule has 10 aromatic carbocycles. The molecule has 0 spiro atoms. The summed E-state index contributed by atoms with van der Waals surface area (Å²) in [6.07, 6.45) is 0. The summed E-state index contributed by atoms with van der Waals surface area (Å²) >= 11 is 0. The molecule has 0 N–H and O–H groups in total. The van der Waals surface area contributed by atoms with Crippen LogP contribution in [0.4, 0.5) is 34.1 Å². The van der Waals surface area contributed by atoms with E-state index in [1.165, 1.54) is 94.2 Å². The van der Waals surface area contributed by atoms with Crippen LogP contribution in [0.3, 0.4) is 0 Å². The van der Waals surface area contributed by atoms with Crippen LogP contribution in [0.2, 0.25) is 0 Å². The molecule has 2 heteroatoms. The highest BCUT2D eigenvalue weighted by Gasteiger charge is 2.39. The monoisotopic (exact) mass is 820 g/mol. The maximum absolute atomic E-state index is 2.57. The summed E-state index contributed by atoms with van der Waals surface area (Å²) in [7, 11) is 0. The van der Waals surface area contributed by atoms with Crippen molar-refractivity contribution in [3.05, 3.63) is 241 Å². The Balaban J connectivity index is 1.01. The third kappa shape index (κ3) is 5.79. The van der Waals surface area contributed by atoms with Crippen molar-refractivity contribution in [2.75, 3.05) is 9.80 Å². The second-order valence-electron chi connectivity index (χ2n) is 18.5. The van der Waals surface area contributed by atoms with Gasteiger partial charge in [0.2, 0.25) is 0 Å². The minimum atomic E-state index is -0.225. The molecule has 0 saturated heterocycles. The first-order valence-electron chi connectivity index (χ1n) is 22.5. The van der Waals surface area contributed by atoms with Crippen LogP contribution in [0.5, 0.6) is 0 Å². The maximum atomic E-state index is 2.57. The lowest BCUT2D eigenvalue weighted by atomic mass is 9.73. The lowest BCUT2D eigenvalue weighted by Crippen LogP contribution is -2.31. The lowest BCUT2D eigenvalue weighted by Gasteiger charge is -2.43. The van der Waals surface area contributed by atoms with Crippen molar-refractivity contribution < 1.29 is 0 Å². The predicted octanol–water partition coefficient (Wildman–Crippen LogP) is 17.2. The Bertz CT molecular complexity index is 3440. The van der Waals surface area contributed by atoms with Gasteiger partial charge in [0, 0.05) is 38.8 Å². The Morgan fingerprint density at radius 3 is 1.69 bits per heavy atom. The van der Waals surface area contributed by atoms with E-state index in [0.29, 0.717) is 0 Å². The Labute approximate surface area is 376 Å². The van der Waals surface area contributed by atoms with Crippen LogP contribution < -0.4 is 9.80 Å². The first-order chi connectivity index (χ1) is 31.3. The van der Waals surface area contributed by atoms with Crippen molar-refractivity contribution in [2.24, 2.45) is 0 Å². The molecule has 0 radical (unpaired) electrons. The van der Waals surface area contributed by atoms with E-state index >= 15 is 0 Å². The summed E-state index contributed by atoms with van der Waals surface area (Å²) in [6.45, 7) is 9.46. The topological polar surface area (TPSA) is 6.48 Å². The number of nitrogens with zero attached hydrogens (tertiary/aromatic N) is 2. The van der Waals surface area contributed by atoms with Crippen LogP contribution in [0.1, 0.15) is 49.9 Å². The Morgan fingerprint density at radius 2 is 0.875 bits per heavy atom. The molecule has 0 aromatic heterocycles. The molecule has 1 heterocycles. The minimum absolute atomic E-state index is 0.0920. The van der Waals surface area contributed by atoms with E-state index in [2.05, 4.69) is 256 Å². The molecule has 1 aliphatic carbocycles. The fraction of sp³-hybridized carbons (Fsp3) is 0.0968. The van der Waals surface area contributed by atoms with E-state index in [1.807, 2.05) is 0 Å². The summed E-state index contributed by atoms with van der Waals surface area (Å²) in [5.41, 5.74) is 19.5. The standard InChI is InChI=1S/C62H48N2/c1-61(2)54-26-13-12-24-51(54)52-37-35-47(40-57(52)61)63(45-20-6-5-7-21-45)46-33-29-41(30-34-46)44-32-38-56-59(39-44)64(58-28-15-14-27-55(58)62(56,3)4)60-49-23-11-9-18-43(49)31-36-53(60)50-25-16-19-42-17-8-10-22-48(42)50/h5-40H,1-4H3. The van der Waals surface area contributed by atoms with Crippen molar-refractivity contribution in [2.45, 2.75) is 38.5 Å².